The van der Waals surface area contributed by atoms with E-state index in [4.69, 9.17) is 4.74 Å². The molecule has 1 N–H and O–H groups in total. The molecule has 0 aliphatic heterocycles. The molecule has 0 bridgehead atoms. The number of ether oxygens (including phenoxy) is 1. The molecule has 0 heterocycles. The molecule has 0 amide bonds. The first kappa shape index (κ1) is 19.8. The Morgan fingerprint density at radius 1 is 1.11 bits per heavy atom. The van der Waals surface area contributed by atoms with Gasteiger partial charge in [0.25, 0.3) is 0 Å². The summed E-state index contributed by atoms with van der Waals surface area (Å²) in [5, 5.41) is 9.65. The molecule has 0 saturated heterocycles. The Balaban J connectivity index is 1.70. The third kappa shape index (κ3) is 2.51. The summed E-state index contributed by atoms with van der Waals surface area (Å²) in [6.45, 7) is 5.20. The molecular formula is C23H32O5. The van der Waals surface area contributed by atoms with Gasteiger partial charge in [-0.05, 0) is 74.2 Å². The highest BCUT2D eigenvalue weighted by Gasteiger charge is 2.68. The van der Waals surface area contributed by atoms with Crippen LogP contribution in [0.5, 0.6) is 0 Å². The molecule has 4 aliphatic rings. The van der Waals surface area contributed by atoms with Crippen LogP contribution in [0.15, 0.2) is 11.6 Å². The van der Waals surface area contributed by atoms with Gasteiger partial charge in [-0.25, -0.2) is 0 Å². The van der Waals surface area contributed by atoms with Gasteiger partial charge >= 0.3 is 5.97 Å². The smallest absolute Gasteiger partial charge is 0.303 e. The number of ketones is 2. The first-order valence-electron chi connectivity index (χ1n) is 10.8. The number of fused-ring (bicyclic) bond motifs is 5. The zero-order valence-electron chi connectivity index (χ0n) is 17.3. The van der Waals surface area contributed by atoms with Gasteiger partial charge in [-0.1, -0.05) is 19.4 Å². The zero-order valence-corrected chi connectivity index (χ0v) is 17.3. The average molecular weight is 389 g/mol. The molecule has 0 aromatic heterocycles. The molecular weight excluding hydrogens is 356 g/mol. The number of carbonyl (C=O) groups is 3. The van der Waals surface area contributed by atoms with E-state index in [0.717, 1.165) is 38.5 Å². The maximum atomic E-state index is 12.8. The van der Waals surface area contributed by atoms with Crippen molar-refractivity contribution in [2.24, 2.45) is 28.6 Å². The first-order chi connectivity index (χ1) is 13.2. The summed E-state index contributed by atoms with van der Waals surface area (Å²) in [7, 11) is 0. The Kier molecular flexibility index (Phi) is 4.61. The monoisotopic (exact) mass is 388 g/mol. The summed E-state index contributed by atoms with van der Waals surface area (Å²) in [6, 6.07) is 0. The predicted octanol–water partition coefficient (Wildman–Crippen LogP) is 3.38. The number of aliphatic hydroxyl groups excluding tert-OH is 1. The number of rotatable bonds is 3. The van der Waals surface area contributed by atoms with Crippen molar-refractivity contribution in [3.63, 3.8) is 0 Å². The van der Waals surface area contributed by atoms with Gasteiger partial charge in [-0.2, -0.15) is 0 Å². The lowest BCUT2D eigenvalue weighted by Crippen LogP contribution is -2.59. The van der Waals surface area contributed by atoms with E-state index in [0.29, 0.717) is 30.6 Å². The third-order valence-electron chi connectivity index (χ3n) is 8.99. The fraction of sp³-hybridized carbons (Fsp3) is 0.783. The number of Topliss-reactive ketones (excluding diaryl/α,β-unsaturated/α-hetero) is 1. The minimum atomic E-state index is -1.19. The van der Waals surface area contributed by atoms with Crippen LogP contribution < -0.4 is 0 Å². The van der Waals surface area contributed by atoms with Crippen LogP contribution in [-0.4, -0.2) is 34.9 Å². The van der Waals surface area contributed by atoms with Crippen molar-refractivity contribution in [3.8, 4) is 0 Å². The number of allylic oxidation sites excluding steroid dienone is 1. The summed E-state index contributed by atoms with van der Waals surface area (Å²) >= 11 is 0. The summed E-state index contributed by atoms with van der Waals surface area (Å²) in [5.74, 6) is 0.746. The number of hydrogen-bond acceptors (Lipinski definition) is 5. The van der Waals surface area contributed by atoms with Crippen molar-refractivity contribution in [2.45, 2.75) is 77.7 Å². The highest BCUT2D eigenvalue weighted by Crippen LogP contribution is 2.68. The molecule has 0 spiro atoms. The van der Waals surface area contributed by atoms with E-state index in [-0.39, 0.29) is 17.0 Å². The predicted molar refractivity (Wildman–Crippen MR) is 103 cm³/mol. The maximum absolute atomic E-state index is 12.8. The summed E-state index contributed by atoms with van der Waals surface area (Å²) in [4.78, 5) is 36.7. The third-order valence-corrected chi connectivity index (χ3v) is 8.99. The molecule has 0 unspecified atom stereocenters. The highest BCUT2D eigenvalue weighted by atomic mass is 16.6. The van der Waals surface area contributed by atoms with E-state index in [1.54, 1.807) is 0 Å². The lowest BCUT2D eigenvalue weighted by atomic mass is 9.46. The van der Waals surface area contributed by atoms with Gasteiger partial charge in [0.15, 0.2) is 11.4 Å². The molecule has 154 valence electrons. The minimum Gasteiger partial charge on any atom is -0.451 e. The Bertz CT molecular complexity index is 754. The SMILES string of the molecule is CC(=O)O[C@]1(C(=O)CO)CC[C@H]2[C@@H]3CCC4=CC(=O)CC[C@]4(C)[C@H]3CC[C@@]21C. The Labute approximate surface area is 166 Å². The molecule has 5 nitrogen and oxygen atoms in total. The molecule has 0 aromatic rings. The topological polar surface area (TPSA) is 80.7 Å². The molecule has 4 rings (SSSR count). The van der Waals surface area contributed by atoms with Crippen LogP contribution in [0.1, 0.15) is 72.1 Å². The van der Waals surface area contributed by atoms with Crippen molar-refractivity contribution in [2.75, 3.05) is 6.61 Å². The maximum Gasteiger partial charge on any atom is 0.303 e. The second-order valence-electron chi connectivity index (χ2n) is 9.97. The molecule has 5 heteroatoms. The molecule has 3 saturated carbocycles. The Hall–Kier alpha value is -1.49. The lowest BCUT2D eigenvalue weighted by molar-refractivity contribution is -0.189. The van der Waals surface area contributed by atoms with Crippen LogP contribution in [0.3, 0.4) is 0 Å². The van der Waals surface area contributed by atoms with Gasteiger partial charge in [0.2, 0.25) is 5.78 Å². The van der Waals surface area contributed by atoms with Gasteiger partial charge < -0.3 is 9.84 Å². The Morgan fingerprint density at radius 3 is 2.50 bits per heavy atom. The van der Waals surface area contributed by atoms with Crippen LogP contribution in [-0.2, 0) is 19.1 Å². The second kappa shape index (κ2) is 6.51. The number of esters is 1. The van der Waals surface area contributed by atoms with Gasteiger partial charge in [-0.15, -0.1) is 0 Å². The largest absolute Gasteiger partial charge is 0.451 e. The number of aliphatic hydroxyl groups is 1. The molecule has 28 heavy (non-hydrogen) atoms. The van der Waals surface area contributed by atoms with Crippen molar-refractivity contribution in [1.82, 2.24) is 0 Å². The van der Waals surface area contributed by atoms with Gasteiger partial charge in [-0.3, -0.25) is 14.4 Å². The van der Waals surface area contributed by atoms with Crippen LogP contribution in [0, 0.1) is 28.6 Å². The van der Waals surface area contributed by atoms with Crippen molar-refractivity contribution in [3.05, 3.63) is 11.6 Å². The zero-order chi connectivity index (χ0) is 20.3. The van der Waals surface area contributed by atoms with E-state index in [9.17, 15) is 19.5 Å². The lowest BCUT2D eigenvalue weighted by Gasteiger charge is -2.59. The van der Waals surface area contributed by atoms with Gasteiger partial charge in [0, 0.05) is 18.8 Å². The van der Waals surface area contributed by atoms with Crippen LogP contribution in [0.25, 0.3) is 0 Å². The quantitative estimate of drug-likeness (QED) is 0.750. The summed E-state index contributed by atoms with van der Waals surface area (Å²) in [6.07, 6.45) is 8.59. The molecule has 0 radical (unpaired) electrons. The minimum absolute atomic E-state index is 0.0752. The molecule has 3 fully saturated rings. The molecule has 0 aromatic carbocycles. The van der Waals surface area contributed by atoms with Crippen LogP contribution in [0.2, 0.25) is 0 Å². The van der Waals surface area contributed by atoms with E-state index >= 15 is 0 Å². The van der Waals surface area contributed by atoms with Gasteiger partial charge in [0.05, 0.1) is 0 Å². The van der Waals surface area contributed by atoms with Crippen molar-refractivity contribution in [1.29, 1.82) is 0 Å². The van der Waals surface area contributed by atoms with E-state index in [1.165, 1.54) is 12.5 Å². The second-order valence-corrected chi connectivity index (χ2v) is 9.97. The fourth-order valence-corrected chi connectivity index (χ4v) is 7.61. The van der Waals surface area contributed by atoms with E-state index in [2.05, 4.69) is 13.8 Å². The average Bonchev–Trinajstić information content (AvgIpc) is 2.94. The van der Waals surface area contributed by atoms with Crippen molar-refractivity contribution < 1.29 is 24.2 Å². The molecule has 6 atom stereocenters. The summed E-state index contributed by atoms with van der Waals surface area (Å²) < 4.78 is 5.75. The van der Waals surface area contributed by atoms with Crippen molar-refractivity contribution >= 4 is 17.5 Å². The van der Waals surface area contributed by atoms with E-state index in [1.807, 2.05) is 6.08 Å². The number of hydrogen-bond donors (Lipinski definition) is 1. The highest BCUT2D eigenvalue weighted by molar-refractivity contribution is 5.92. The summed E-state index contributed by atoms with van der Waals surface area (Å²) in [5.41, 5.74) is -0.222. The molecule has 4 aliphatic carbocycles. The standard InChI is InChI=1S/C23H32O5/c1-14(25)28-23(20(27)13-24)11-8-19-17-5-4-15-12-16(26)6-9-21(15,2)18(17)7-10-22(19,23)3/h12,17-19,24H,4-11,13H2,1-3H3/t17-,18+,19+,21+,22+,23+/m1/s1. The van der Waals surface area contributed by atoms with Crippen LogP contribution in [0.4, 0.5) is 0 Å². The first-order valence-corrected chi connectivity index (χ1v) is 10.8. The van der Waals surface area contributed by atoms with Crippen LogP contribution >= 0.6 is 0 Å². The van der Waals surface area contributed by atoms with Gasteiger partial charge in [0.1, 0.15) is 6.61 Å². The Morgan fingerprint density at radius 2 is 1.82 bits per heavy atom. The fourth-order valence-electron chi connectivity index (χ4n) is 7.61. The van der Waals surface area contributed by atoms with E-state index < -0.39 is 23.6 Å². The number of carbonyl (C=O) groups excluding carboxylic acids is 3. The normalized spacial score (nSPS) is 44.8.